The van der Waals surface area contributed by atoms with E-state index in [0.29, 0.717) is 5.57 Å². The first-order chi connectivity index (χ1) is 5.85. The normalized spacial score (nSPS) is 20.8. The van der Waals surface area contributed by atoms with Gasteiger partial charge in [-0.15, -0.1) is 0 Å². The highest BCUT2D eigenvalue weighted by Gasteiger charge is 2.31. The number of rotatable bonds is 1. The van der Waals surface area contributed by atoms with E-state index >= 15 is 0 Å². The summed E-state index contributed by atoms with van der Waals surface area (Å²) < 4.78 is 0. The average molecular weight is 178 g/mol. The summed E-state index contributed by atoms with van der Waals surface area (Å²) in [7, 11) is 0. The maximum Gasteiger partial charge on any atom is 0.179 e. The lowest BCUT2D eigenvalue weighted by Crippen LogP contribution is -2.25. The Labute approximate surface area is 78.3 Å². The Bertz CT molecular complexity index is 330. The lowest BCUT2D eigenvalue weighted by Gasteiger charge is -2.30. The van der Waals surface area contributed by atoms with Crippen molar-refractivity contribution >= 4 is 11.6 Å². The smallest absolute Gasteiger partial charge is 0.179 e. The highest BCUT2D eigenvalue weighted by molar-refractivity contribution is 6.09. The Kier molecular flexibility index (Phi) is 2.24. The zero-order valence-corrected chi connectivity index (χ0v) is 8.47. The second-order valence-electron chi connectivity index (χ2n) is 3.97. The minimum atomic E-state index is -0.292. The molecule has 0 radical (unpaired) electrons. The number of hydrogen-bond donors (Lipinski definition) is 0. The van der Waals surface area contributed by atoms with Crippen molar-refractivity contribution in [2.45, 2.75) is 27.7 Å². The zero-order chi connectivity index (χ0) is 10.2. The topological polar surface area (TPSA) is 34.1 Å². The monoisotopic (exact) mass is 178 g/mol. The highest BCUT2D eigenvalue weighted by Crippen LogP contribution is 2.37. The highest BCUT2D eigenvalue weighted by atomic mass is 16.1. The summed E-state index contributed by atoms with van der Waals surface area (Å²) in [5.74, 6) is -0.104. The molecule has 0 aromatic rings. The summed E-state index contributed by atoms with van der Waals surface area (Å²) in [6.07, 6.45) is 3.03. The lowest BCUT2D eigenvalue weighted by molar-refractivity contribution is -0.116. The molecule has 0 fully saturated rings. The van der Waals surface area contributed by atoms with Crippen molar-refractivity contribution in [1.82, 2.24) is 0 Å². The Hall–Kier alpha value is -1.18. The fraction of sp³-hybridized carbons (Fsp3) is 0.455. The molecule has 0 saturated heterocycles. The van der Waals surface area contributed by atoms with E-state index in [0.717, 1.165) is 5.57 Å². The van der Waals surface area contributed by atoms with Crippen molar-refractivity contribution in [3.8, 4) is 0 Å². The van der Waals surface area contributed by atoms with Gasteiger partial charge in [0.2, 0.25) is 0 Å². The molecule has 2 heteroatoms. The van der Waals surface area contributed by atoms with E-state index in [9.17, 15) is 9.59 Å². The first-order valence-electron chi connectivity index (χ1n) is 4.31. The van der Waals surface area contributed by atoms with E-state index in [-0.39, 0.29) is 17.0 Å². The molecule has 0 N–H and O–H groups in total. The van der Waals surface area contributed by atoms with Crippen molar-refractivity contribution in [2.24, 2.45) is 5.41 Å². The summed E-state index contributed by atoms with van der Waals surface area (Å²) >= 11 is 0. The number of carbonyl (C=O) groups is 2. The van der Waals surface area contributed by atoms with Gasteiger partial charge in [0.1, 0.15) is 0 Å². The fourth-order valence-electron chi connectivity index (χ4n) is 1.51. The van der Waals surface area contributed by atoms with Crippen molar-refractivity contribution in [1.29, 1.82) is 0 Å². The Morgan fingerprint density at radius 1 is 1.31 bits per heavy atom. The Balaban J connectivity index is 3.22. The molecule has 1 aliphatic carbocycles. The molecule has 1 aliphatic rings. The van der Waals surface area contributed by atoms with Crippen LogP contribution in [0.15, 0.2) is 23.3 Å². The fourth-order valence-corrected chi connectivity index (χ4v) is 1.51. The van der Waals surface area contributed by atoms with Crippen LogP contribution in [0.25, 0.3) is 0 Å². The SMILES string of the molecule is CC(=O)C1=CC(=O)C=C(C)C1(C)C. The van der Waals surface area contributed by atoms with Crippen molar-refractivity contribution in [2.75, 3.05) is 0 Å². The summed E-state index contributed by atoms with van der Waals surface area (Å²) in [5.41, 5.74) is 1.27. The third kappa shape index (κ3) is 1.62. The summed E-state index contributed by atoms with van der Waals surface area (Å²) in [6.45, 7) is 7.30. The molecule has 13 heavy (non-hydrogen) atoms. The Morgan fingerprint density at radius 3 is 2.31 bits per heavy atom. The van der Waals surface area contributed by atoms with Gasteiger partial charge in [0.15, 0.2) is 11.6 Å². The van der Waals surface area contributed by atoms with E-state index in [2.05, 4.69) is 0 Å². The average Bonchev–Trinajstić information content (AvgIpc) is 1.96. The van der Waals surface area contributed by atoms with Crippen LogP contribution in [0, 0.1) is 5.41 Å². The molecule has 0 saturated carbocycles. The molecule has 2 nitrogen and oxygen atoms in total. The van der Waals surface area contributed by atoms with Gasteiger partial charge in [-0.3, -0.25) is 9.59 Å². The standard InChI is InChI=1S/C11H14O2/c1-7-5-9(13)6-10(8(2)12)11(7,3)4/h5-6H,1-4H3. The number of ketones is 2. The Morgan fingerprint density at radius 2 is 1.85 bits per heavy atom. The third-order valence-electron chi connectivity index (χ3n) is 2.68. The molecule has 0 unspecified atom stereocenters. The molecule has 0 amide bonds. The van der Waals surface area contributed by atoms with Crippen LogP contribution >= 0.6 is 0 Å². The molecular formula is C11H14O2. The quantitative estimate of drug-likeness (QED) is 0.616. The van der Waals surface area contributed by atoms with Crippen molar-refractivity contribution in [3.63, 3.8) is 0 Å². The maximum atomic E-state index is 11.3. The van der Waals surface area contributed by atoms with Crippen LogP contribution < -0.4 is 0 Å². The zero-order valence-electron chi connectivity index (χ0n) is 8.47. The van der Waals surface area contributed by atoms with Gasteiger partial charge in [-0.05, 0) is 26.0 Å². The van der Waals surface area contributed by atoms with Crippen LogP contribution in [-0.4, -0.2) is 11.6 Å². The van der Waals surface area contributed by atoms with E-state index in [1.54, 1.807) is 6.08 Å². The van der Waals surface area contributed by atoms with Gasteiger partial charge in [-0.2, -0.15) is 0 Å². The van der Waals surface area contributed by atoms with Crippen LogP contribution in [0.4, 0.5) is 0 Å². The van der Waals surface area contributed by atoms with E-state index in [4.69, 9.17) is 0 Å². The summed E-state index contributed by atoms with van der Waals surface area (Å²) in [6, 6.07) is 0. The first kappa shape index (κ1) is 9.90. The van der Waals surface area contributed by atoms with E-state index in [1.165, 1.54) is 13.0 Å². The van der Waals surface area contributed by atoms with E-state index in [1.807, 2.05) is 20.8 Å². The van der Waals surface area contributed by atoms with Gasteiger partial charge in [0, 0.05) is 11.0 Å². The van der Waals surface area contributed by atoms with Crippen LogP contribution in [0.1, 0.15) is 27.7 Å². The maximum absolute atomic E-state index is 11.3. The van der Waals surface area contributed by atoms with Gasteiger partial charge in [-0.25, -0.2) is 0 Å². The number of Topliss-reactive ketones (excluding diaryl/α,β-unsaturated/α-hetero) is 1. The number of allylic oxidation sites excluding steroid dienone is 4. The van der Waals surface area contributed by atoms with Crippen LogP contribution in [0.3, 0.4) is 0 Å². The van der Waals surface area contributed by atoms with Crippen molar-refractivity contribution in [3.05, 3.63) is 23.3 Å². The lowest BCUT2D eigenvalue weighted by atomic mass is 9.73. The molecule has 0 aromatic carbocycles. The molecule has 70 valence electrons. The second-order valence-corrected chi connectivity index (χ2v) is 3.97. The predicted molar refractivity (Wildman–Crippen MR) is 51.3 cm³/mol. The molecular weight excluding hydrogens is 164 g/mol. The largest absolute Gasteiger partial charge is 0.295 e. The van der Waals surface area contributed by atoms with Gasteiger partial charge in [-0.1, -0.05) is 19.4 Å². The summed E-state index contributed by atoms with van der Waals surface area (Å²) in [5, 5.41) is 0. The van der Waals surface area contributed by atoms with Gasteiger partial charge in [0.25, 0.3) is 0 Å². The van der Waals surface area contributed by atoms with Crippen molar-refractivity contribution < 1.29 is 9.59 Å². The number of carbonyl (C=O) groups excluding carboxylic acids is 2. The minimum Gasteiger partial charge on any atom is -0.295 e. The van der Waals surface area contributed by atoms with Crippen LogP contribution in [0.2, 0.25) is 0 Å². The molecule has 1 rings (SSSR count). The number of hydrogen-bond acceptors (Lipinski definition) is 2. The van der Waals surface area contributed by atoms with Gasteiger partial charge >= 0.3 is 0 Å². The molecule has 0 bridgehead atoms. The molecule has 0 atom stereocenters. The van der Waals surface area contributed by atoms with Gasteiger partial charge in [0.05, 0.1) is 0 Å². The minimum absolute atomic E-state index is 0.0224. The third-order valence-corrected chi connectivity index (χ3v) is 2.68. The molecule has 0 heterocycles. The molecule has 0 aromatic heterocycles. The second kappa shape index (κ2) is 2.95. The van der Waals surface area contributed by atoms with Crippen LogP contribution in [-0.2, 0) is 9.59 Å². The van der Waals surface area contributed by atoms with Gasteiger partial charge < -0.3 is 0 Å². The predicted octanol–water partition coefficient (Wildman–Crippen LogP) is 2.06. The van der Waals surface area contributed by atoms with E-state index < -0.39 is 0 Å². The van der Waals surface area contributed by atoms with Crippen LogP contribution in [0.5, 0.6) is 0 Å². The summed E-state index contributed by atoms with van der Waals surface area (Å²) in [4.78, 5) is 22.4. The molecule has 0 spiro atoms. The molecule has 0 aliphatic heterocycles. The first-order valence-corrected chi connectivity index (χ1v) is 4.31.